The lowest BCUT2D eigenvalue weighted by molar-refractivity contribution is -0.123. The zero-order valence-electron chi connectivity index (χ0n) is 17.9. The van der Waals surface area contributed by atoms with Gasteiger partial charge in [0.05, 0.1) is 25.1 Å². The number of nitrogens with one attached hydrogen (secondary N) is 1. The molecule has 3 aromatic rings. The minimum absolute atomic E-state index is 0.0598. The van der Waals surface area contributed by atoms with Gasteiger partial charge in [-0.15, -0.1) is 0 Å². The Kier molecular flexibility index (Phi) is 7.31. The molecule has 0 aliphatic rings. The van der Waals surface area contributed by atoms with Crippen LogP contribution in [0.3, 0.4) is 0 Å². The van der Waals surface area contributed by atoms with E-state index in [4.69, 9.17) is 14.0 Å². The summed E-state index contributed by atoms with van der Waals surface area (Å²) >= 11 is 0. The van der Waals surface area contributed by atoms with Crippen molar-refractivity contribution in [2.75, 3.05) is 30.8 Å². The summed E-state index contributed by atoms with van der Waals surface area (Å²) in [7, 11) is -1.89. The summed E-state index contributed by atoms with van der Waals surface area (Å²) in [5, 5.41) is 6.56. The standard InChI is InChI=1S/C21H24N4O6S/c1-4-29-17-9-5-15(6-10-17)21-23-20(31-24-21)13-22-19(26)14-30-18-11-7-16(8-12-18)25(2)32(3,27)28/h5-12H,4,13-14H2,1-3H3,(H,22,26). The van der Waals surface area contributed by atoms with Gasteiger partial charge in [-0.3, -0.25) is 9.10 Å². The lowest BCUT2D eigenvalue weighted by Gasteiger charge is -2.16. The summed E-state index contributed by atoms with van der Waals surface area (Å²) in [5.74, 6) is 1.48. The second-order valence-corrected chi connectivity index (χ2v) is 8.77. The molecule has 0 aliphatic carbocycles. The average molecular weight is 461 g/mol. The van der Waals surface area contributed by atoms with Crippen LogP contribution in [0.4, 0.5) is 5.69 Å². The van der Waals surface area contributed by atoms with E-state index in [1.165, 1.54) is 7.05 Å². The Balaban J connectivity index is 1.47. The molecule has 0 aliphatic heterocycles. The zero-order chi connectivity index (χ0) is 23.1. The molecule has 0 fully saturated rings. The molecule has 1 aromatic heterocycles. The molecule has 170 valence electrons. The van der Waals surface area contributed by atoms with Crippen LogP contribution < -0.4 is 19.1 Å². The highest BCUT2D eigenvalue weighted by Crippen LogP contribution is 2.21. The first-order valence-electron chi connectivity index (χ1n) is 9.75. The third-order valence-corrected chi connectivity index (χ3v) is 5.60. The Morgan fingerprint density at radius 3 is 2.31 bits per heavy atom. The lowest BCUT2D eigenvalue weighted by atomic mass is 10.2. The Morgan fingerprint density at radius 1 is 1.06 bits per heavy atom. The van der Waals surface area contributed by atoms with Crippen LogP contribution in [-0.2, 0) is 21.4 Å². The number of sulfonamides is 1. The number of carbonyl (C=O) groups is 1. The van der Waals surface area contributed by atoms with Gasteiger partial charge in [0, 0.05) is 12.6 Å². The van der Waals surface area contributed by atoms with Crippen molar-refractivity contribution in [1.82, 2.24) is 15.5 Å². The molecule has 0 bridgehead atoms. The molecule has 1 amide bonds. The molecule has 2 aromatic carbocycles. The number of hydrogen-bond acceptors (Lipinski definition) is 8. The normalized spacial score (nSPS) is 11.1. The molecule has 0 radical (unpaired) electrons. The van der Waals surface area contributed by atoms with E-state index in [1.54, 1.807) is 24.3 Å². The van der Waals surface area contributed by atoms with Gasteiger partial charge in [0.1, 0.15) is 11.5 Å². The molecule has 1 heterocycles. The highest BCUT2D eigenvalue weighted by molar-refractivity contribution is 7.92. The summed E-state index contributed by atoms with van der Waals surface area (Å²) < 4.78 is 40.3. The van der Waals surface area contributed by atoms with Crippen molar-refractivity contribution in [3.8, 4) is 22.9 Å². The molecule has 0 atom stereocenters. The van der Waals surface area contributed by atoms with Crippen LogP contribution >= 0.6 is 0 Å². The Morgan fingerprint density at radius 2 is 1.69 bits per heavy atom. The Labute approximate surface area is 186 Å². The predicted octanol–water partition coefficient (Wildman–Crippen LogP) is 2.23. The molecule has 0 saturated carbocycles. The number of aromatic nitrogens is 2. The second-order valence-electron chi connectivity index (χ2n) is 6.76. The van der Waals surface area contributed by atoms with Crippen LogP contribution in [0, 0.1) is 0 Å². The highest BCUT2D eigenvalue weighted by Gasteiger charge is 2.13. The number of anilines is 1. The van der Waals surface area contributed by atoms with Gasteiger partial charge in [-0.05, 0) is 55.5 Å². The molecule has 10 nitrogen and oxygen atoms in total. The lowest BCUT2D eigenvalue weighted by Crippen LogP contribution is -2.28. The number of nitrogens with zero attached hydrogens (tertiary/aromatic N) is 3. The predicted molar refractivity (Wildman–Crippen MR) is 118 cm³/mol. The number of carbonyl (C=O) groups excluding carboxylic acids is 1. The molecular formula is C21H24N4O6S. The van der Waals surface area contributed by atoms with Crippen molar-refractivity contribution in [2.45, 2.75) is 13.5 Å². The SMILES string of the molecule is CCOc1ccc(-c2noc(CNC(=O)COc3ccc(N(C)S(C)(=O)=O)cc3)n2)cc1. The van der Waals surface area contributed by atoms with E-state index in [9.17, 15) is 13.2 Å². The smallest absolute Gasteiger partial charge is 0.258 e. The summed E-state index contributed by atoms with van der Waals surface area (Å²) in [6.45, 7) is 2.33. The van der Waals surface area contributed by atoms with Gasteiger partial charge < -0.3 is 19.3 Å². The quantitative estimate of drug-likeness (QED) is 0.488. The van der Waals surface area contributed by atoms with E-state index in [-0.39, 0.29) is 24.9 Å². The third kappa shape index (κ3) is 6.20. The number of benzene rings is 2. The van der Waals surface area contributed by atoms with Crippen molar-refractivity contribution >= 4 is 21.6 Å². The summed E-state index contributed by atoms with van der Waals surface area (Å²) in [6.07, 6.45) is 1.12. The second kappa shape index (κ2) is 10.1. The molecule has 3 rings (SSSR count). The number of ether oxygens (including phenoxy) is 2. The van der Waals surface area contributed by atoms with E-state index in [0.717, 1.165) is 21.9 Å². The maximum absolute atomic E-state index is 12.0. The minimum atomic E-state index is -3.35. The fraction of sp³-hybridized carbons (Fsp3) is 0.286. The van der Waals surface area contributed by atoms with Crippen LogP contribution in [0.1, 0.15) is 12.8 Å². The van der Waals surface area contributed by atoms with Gasteiger partial charge in [0.15, 0.2) is 6.61 Å². The first-order chi connectivity index (χ1) is 15.3. The average Bonchev–Trinajstić information content (AvgIpc) is 3.25. The van der Waals surface area contributed by atoms with Crippen LogP contribution in [0.5, 0.6) is 11.5 Å². The maximum atomic E-state index is 12.0. The van der Waals surface area contributed by atoms with E-state index in [2.05, 4.69) is 15.5 Å². The number of hydrogen-bond donors (Lipinski definition) is 1. The first-order valence-corrected chi connectivity index (χ1v) is 11.6. The van der Waals surface area contributed by atoms with Crippen molar-refractivity contribution in [3.05, 3.63) is 54.4 Å². The topological polar surface area (TPSA) is 124 Å². The fourth-order valence-corrected chi connectivity index (χ4v) is 3.13. The van der Waals surface area contributed by atoms with Crippen molar-refractivity contribution in [3.63, 3.8) is 0 Å². The van der Waals surface area contributed by atoms with Crippen LogP contribution in [-0.4, -0.2) is 51.0 Å². The molecule has 32 heavy (non-hydrogen) atoms. The molecular weight excluding hydrogens is 436 g/mol. The van der Waals surface area contributed by atoms with E-state index in [0.29, 0.717) is 23.9 Å². The van der Waals surface area contributed by atoms with Crippen molar-refractivity contribution < 1.29 is 27.2 Å². The largest absolute Gasteiger partial charge is 0.494 e. The van der Waals surface area contributed by atoms with Gasteiger partial charge in [-0.25, -0.2) is 8.42 Å². The number of rotatable bonds is 10. The molecule has 0 saturated heterocycles. The molecule has 0 unspecified atom stereocenters. The monoisotopic (exact) mass is 460 g/mol. The zero-order valence-corrected chi connectivity index (χ0v) is 18.8. The first kappa shape index (κ1) is 23.1. The van der Waals surface area contributed by atoms with Crippen LogP contribution in [0.2, 0.25) is 0 Å². The molecule has 1 N–H and O–H groups in total. The maximum Gasteiger partial charge on any atom is 0.258 e. The Bertz CT molecular complexity index is 1140. The van der Waals surface area contributed by atoms with Crippen LogP contribution in [0.25, 0.3) is 11.4 Å². The number of amides is 1. The van der Waals surface area contributed by atoms with Crippen molar-refractivity contribution in [2.24, 2.45) is 0 Å². The van der Waals surface area contributed by atoms with Gasteiger partial charge in [-0.1, -0.05) is 5.16 Å². The highest BCUT2D eigenvalue weighted by atomic mass is 32.2. The van der Waals surface area contributed by atoms with E-state index < -0.39 is 10.0 Å². The van der Waals surface area contributed by atoms with Gasteiger partial charge in [0.25, 0.3) is 5.91 Å². The minimum Gasteiger partial charge on any atom is -0.494 e. The fourth-order valence-electron chi connectivity index (χ4n) is 2.63. The van der Waals surface area contributed by atoms with Gasteiger partial charge in [0.2, 0.25) is 21.7 Å². The van der Waals surface area contributed by atoms with Crippen molar-refractivity contribution in [1.29, 1.82) is 0 Å². The third-order valence-electron chi connectivity index (χ3n) is 4.40. The summed E-state index contributed by atoms with van der Waals surface area (Å²) in [5.41, 5.74) is 1.26. The summed E-state index contributed by atoms with van der Waals surface area (Å²) in [4.78, 5) is 16.3. The molecule has 11 heteroatoms. The van der Waals surface area contributed by atoms with E-state index in [1.807, 2.05) is 31.2 Å². The van der Waals surface area contributed by atoms with Gasteiger partial charge in [-0.2, -0.15) is 4.98 Å². The van der Waals surface area contributed by atoms with E-state index >= 15 is 0 Å². The summed E-state index contributed by atoms with van der Waals surface area (Å²) in [6, 6.07) is 13.6. The van der Waals surface area contributed by atoms with Crippen LogP contribution in [0.15, 0.2) is 53.1 Å². The molecule has 0 spiro atoms. The Hall–Kier alpha value is -3.60. The van der Waals surface area contributed by atoms with Gasteiger partial charge >= 0.3 is 0 Å².